The van der Waals surface area contributed by atoms with Gasteiger partial charge in [0.05, 0.1) is 6.04 Å². The van der Waals surface area contributed by atoms with Gasteiger partial charge in [-0.05, 0) is 30.2 Å². The number of halogens is 2. The molecule has 0 saturated heterocycles. The van der Waals surface area contributed by atoms with Crippen LogP contribution < -0.4 is 11.1 Å². The SMILES string of the molecule is C[C@H](N)C(=O)N(C(=O)[C@@H](O)c1cc(F)cc(F)c1)[C@H]1C=C[C@H](c2ccccc2)CNC1=O. The lowest BCUT2D eigenvalue weighted by Crippen LogP contribution is -2.56. The number of carbonyl (C=O) groups excluding carboxylic acids is 3. The molecule has 0 bridgehead atoms. The summed E-state index contributed by atoms with van der Waals surface area (Å²) >= 11 is 0. The summed E-state index contributed by atoms with van der Waals surface area (Å²) in [6, 6.07) is 8.84. The molecule has 1 heterocycles. The van der Waals surface area contributed by atoms with Crippen molar-refractivity contribution in [3.8, 4) is 0 Å². The smallest absolute Gasteiger partial charge is 0.263 e. The molecule has 2 aromatic rings. The van der Waals surface area contributed by atoms with Crippen molar-refractivity contribution in [2.24, 2.45) is 5.73 Å². The van der Waals surface area contributed by atoms with E-state index in [0.29, 0.717) is 11.0 Å². The maximum atomic E-state index is 13.6. The first-order valence-electron chi connectivity index (χ1n) is 9.96. The van der Waals surface area contributed by atoms with Crippen molar-refractivity contribution in [2.45, 2.75) is 31.0 Å². The Hall–Kier alpha value is -3.43. The van der Waals surface area contributed by atoms with Gasteiger partial charge < -0.3 is 16.2 Å². The van der Waals surface area contributed by atoms with E-state index in [2.05, 4.69) is 5.32 Å². The molecule has 0 aliphatic carbocycles. The molecule has 3 amide bonds. The highest BCUT2D eigenvalue weighted by Gasteiger charge is 2.39. The molecular weight excluding hydrogens is 420 g/mol. The summed E-state index contributed by atoms with van der Waals surface area (Å²) in [5.41, 5.74) is 6.19. The molecule has 0 spiro atoms. The summed E-state index contributed by atoms with van der Waals surface area (Å²) in [6.45, 7) is 1.55. The number of imide groups is 1. The summed E-state index contributed by atoms with van der Waals surface area (Å²) in [7, 11) is 0. The fourth-order valence-corrected chi connectivity index (χ4v) is 3.45. The van der Waals surface area contributed by atoms with Gasteiger partial charge in [-0.3, -0.25) is 19.3 Å². The minimum atomic E-state index is -2.09. The van der Waals surface area contributed by atoms with E-state index in [9.17, 15) is 28.3 Å². The standard InChI is InChI=1S/C23H23F2N3O4/c1-13(26)22(31)28(23(32)20(29)16-9-17(24)11-18(25)10-16)19-8-7-15(12-27-21(19)30)14-5-3-2-4-6-14/h2-11,13,15,19-20,29H,12,26H2,1H3,(H,27,30)/t13-,15-,19-,20-/m0/s1. The molecule has 0 radical (unpaired) electrons. The van der Waals surface area contributed by atoms with Gasteiger partial charge >= 0.3 is 0 Å². The van der Waals surface area contributed by atoms with Gasteiger partial charge in [-0.2, -0.15) is 0 Å². The van der Waals surface area contributed by atoms with Crippen LogP contribution in [-0.4, -0.2) is 46.4 Å². The minimum Gasteiger partial charge on any atom is -0.378 e. The van der Waals surface area contributed by atoms with E-state index < -0.39 is 53.1 Å². The zero-order valence-electron chi connectivity index (χ0n) is 17.2. The van der Waals surface area contributed by atoms with Crippen LogP contribution in [0.25, 0.3) is 0 Å². The molecule has 4 atom stereocenters. The Bertz CT molecular complexity index is 1020. The predicted octanol–water partition coefficient (Wildman–Crippen LogP) is 1.54. The Kier molecular flexibility index (Phi) is 7.12. The number of aliphatic hydroxyl groups excluding tert-OH is 1. The first-order chi connectivity index (χ1) is 15.2. The first-order valence-corrected chi connectivity index (χ1v) is 9.96. The van der Waals surface area contributed by atoms with Crippen molar-refractivity contribution < 1.29 is 28.3 Å². The van der Waals surface area contributed by atoms with Crippen LogP contribution in [0.2, 0.25) is 0 Å². The summed E-state index contributed by atoms with van der Waals surface area (Å²) in [4.78, 5) is 39.2. The Balaban J connectivity index is 1.96. The van der Waals surface area contributed by atoms with Crippen LogP contribution in [0.1, 0.15) is 30.1 Å². The van der Waals surface area contributed by atoms with Crippen LogP contribution in [0.15, 0.2) is 60.7 Å². The Morgan fingerprint density at radius 1 is 1.09 bits per heavy atom. The molecule has 0 saturated carbocycles. The fraction of sp³-hybridized carbons (Fsp3) is 0.261. The van der Waals surface area contributed by atoms with E-state index in [0.717, 1.165) is 17.7 Å². The second-order valence-electron chi connectivity index (χ2n) is 7.53. The van der Waals surface area contributed by atoms with E-state index >= 15 is 0 Å². The largest absolute Gasteiger partial charge is 0.378 e. The van der Waals surface area contributed by atoms with E-state index in [1.807, 2.05) is 30.3 Å². The lowest BCUT2D eigenvalue weighted by Gasteiger charge is -2.29. The number of carbonyl (C=O) groups is 3. The third-order valence-electron chi connectivity index (χ3n) is 5.10. The number of nitrogens with one attached hydrogen (secondary N) is 1. The average molecular weight is 443 g/mol. The molecule has 3 rings (SSSR count). The third-order valence-corrected chi connectivity index (χ3v) is 5.10. The van der Waals surface area contributed by atoms with Crippen molar-refractivity contribution >= 4 is 17.7 Å². The zero-order valence-corrected chi connectivity index (χ0v) is 17.2. The Labute approximate surface area is 183 Å². The maximum Gasteiger partial charge on any atom is 0.263 e. The molecule has 0 fully saturated rings. The van der Waals surface area contributed by atoms with Crippen molar-refractivity contribution in [3.05, 3.63) is 83.4 Å². The van der Waals surface area contributed by atoms with Gasteiger partial charge in [0.1, 0.15) is 17.7 Å². The predicted molar refractivity (Wildman–Crippen MR) is 112 cm³/mol. The van der Waals surface area contributed by atoms with E-state index in [-0.39, 0.29) is 12.5 Å². The second-order valence-corrected chi connectivity index (χ2v) is 7.53. The molecule has 1 aliphatic heterocycles. The van der Waals surface area contributed by atoms with Crippen molar-refractivity contribution in [2.75, 3.05) is 6.54 Å². The maximum absolute atomic E-state index is 13.6. The van der Waals surface area contributed by atoms with E-state index in [1.165, 1.54) is 13.0 Å². The van der Waals surface area contributed by atoms with E-state index in [4.69, 9.17) is 5.73 Å². The summed E-state index contributed by atoms with van der Waals surface area (Å²) in [6.07, 6.45) is 0.982. The Morgan fingerprint density at radius 2 is 1.72 bits per heavy atom. The summed E-state index contributed by atoms with van der Waals surface area (Å²) in [5, 5.41) is 13.2. The number of hydrogen-bond donors (Lipinski definition) is 3. The lowest BCUT2D eigenvalue weighted by atomic mass is 9.98. The van der Waals surface area contributed by atoms with Crippen LogP contribution >= 0.6 is 0 Å². The van der Waals surface area contributed by atoms with Crippen molar-refractivity contribution in [3.63, 3.8) is 0 Å². The number of rotatable bonds is 5. The highest BCUT2D eigenvalue weighted by molar-refractivity contribution is 6.04. The molecule has 4 N–H and O–H groups in total. The van der Waals surface area contributed by atoms with Crippen molar-refractivity contribution in [1.82, 2.24) is 10.2 Å². The number of nitrogens with two attached hydrogens (primary N) is 1. The van der Waals surface area contributed by atoms with Crippen LogP contribution in [0.5, 0.6) is 0 Å². The Morgan fingerprint density at radius 3 is 2.31 bits per heavy atom. The van der Waals surface area contributed by atoms with Gasteiger partial charge in [0.15, 0.2) is 6.10 Å². The fourth-order valence-electron chi connectivity index (χ4n) is 3.45. The molecule has 9 heteroatoms. The number of aliphatic hydroxyl groups is 1. The lowest BCUT2D eigenvalue weighted by molar-refractivity contribution is -0.156. The van der Waals surface area contributed by atoms with Gasteiger partial charge in [-0.25, -0.2) is 8.78 Å². The summed E-state index contributed by atoms with van der Waals surface area (Å²) in [5.74, 6) is -5.02. The van der Waals surface area contributed by atoms with Gasteiger partial charge in [0, 0.05) is 18.5 Å². The van der Waals surface area contributed by atoms with Gasteiger partial charge in [-0.15, -0.1) is 0 Å². The number of nitrogens with zero attached hydrogens (tertiary/aromatic N) is 1. The van der Waals surface area contributed by atoms with Crippen LogP contribution in [0.4, 0.5) is 8.78 Å². The normalized spacial score (nSPS) is 20.1. The topological polar surface area (TPSA) is 113 Å². The zero-order chi connectivity index (χ0) is 23.4. The third kappa shape index (κ3) is 5.06. The minimum absolute atomic E-state index is 0.213. The molecule has 0 unspecified atom stereocenters. The molecule has 7 nitrogen and oxygen atoms in total. The van der Waals surface area contributed by atoms with Crippen LogP contribution in [-0.2, 0) is 14.4 Å². The molecule has 32 heavy (non-hydrogen) atoms. The number of amides is 3. The van der Waals surface area contributed by atoms with Crippen LogP contribution in [0, 0.1) is 11.6 Å². The highest BCUT2D eigenvalue weighted by Crippen LogP contribution is 2.24. The quantitative estimate of drug-likeness (QED) is 0.607. The molecular formula is C23H23F2N3O4. The van der Waals surface area contributed by atoms with Crippen molar-refractivity contribution in [1.29, 1.82) is 0 Å². The van der Waals surface area contributed by atoms with Gasteiger partial charge in [0.25, 0.3) is 5.91 Å². The van der Waals surface area contributed by atoms with E-state index in [1.54, 1.807) is 6.08 Å². The van der Waals surface area contributed by atoms with Gasteiger partial charge in [-0.1, -0.05) is 42.5 Å². The number of benzene rings is 2. The molecule has 168 valence electrons. The van der Waals surface area contributed by atoms with Gasteiger partial charge in [0.2, 0.25) is 11.8 Å². The summed E-state index contributed by atoms with van der Waals surface area (Å²) < 4.78 is 27.2. The average Bonchev–Trinajstić information content (AvgIpc) is 2.95. The molecule has 2 aromatic carbocycles. The molecule has 0 aromatic heterocycles. The first kappa shape index (κ1) is 23.2. The number of hydrogen-bond acceptors (Lipinski definition) is 5. The highest BCUT2D eigenvalue weighted by atomic mass is 19.1. The second kappa shape index (κ2) is 9.80. The van der Waals surface area contributed by atoms with Crippen LogP contribution in [0.3, 0.4) is 0 Å². The monoisotopic (exact) mass is 443 g/mol. The molecule has 1 aliphatic rings.